The Kier molecular flexibility index (Phi) is 4.16. The smallest absolute Gasteiger partial charge is 0.252 e. The number of rotatable bonds is 5. The molecule has 2 aromatic rings. The van der Waals surface area contributed by atoms with E-state index in [1.807, 2.05) is 0 Å². The van der Waals surface area contributed by atoms with E-state index in [1.54, 1.807) is 42.2 Å². The van der Waals surface area contributed by atoms with Crippen LogP contribution in [0, 0.1) is 0 Å². The normalized spacial score (nSPS) is 10.5. The highest BCUT2D eigenvalue weighted by atomic mass is 35.5. The molecule has 0 amide bonds. The summed E-state index contributed by atoms with van der Waals surface area (Å²) in [6.45, 7) is -0.635. The fourth-order valence-corrected chi connectivity index (χ4v) is 1.91. The van der Waals surface area contributed by atoms with Gasteiger partial charge in [-0.3, -0.25) is 9.48 Å². The Morgan fingerprint density at radius 1 is 1.47 bits per heavy atom. The molecule has 0 saturated heterocycles. The van der Waals surface area contributed by atoms with Gasteiger partial charge in [-0.15, -0.1) is 5.10 Å². The third kappa shape index (κ3) is 3.12. The lowest BCUT2D eigenvalue weighted by Crippen LogP contribution is -2.06. The maximum absolute atomic E-state index is 12.9. The highest BCUT2D eigenvalue weighted by molar-refractivity contribution is 6.67. The van der Waals surface area contributed by atoms with Crippen molar-refractivity contribution in [3.63, 3.8) is 0 Å². The van der Waals surface area contributed by atoms with E-state index in [4.69, 9.17) is 16.3 Å². The van der Waals surface area contributed by atoms with E-state index in [0.717, 1.165) is 0 Å². The minimum atomic E-state index is -0.682. The van der Waals surface area contributed by atoms with Gasteiger partial charge in [-0.2, -0.15) is 0 Å². The van der Waals surface area contributed by atoms with Gasteiger partial charge in [-0.25, -0.2) is 4.39 Å². The van der Waals surface area contributed by atoms with Gasteiger partial charge in [0.2, 0.25) is 5.88 Å². The van der Waals surface area contributed by atoms with Crippen molar-refractivity contribution < 1.29 is 13.9 Å². The van der Waals surface area contributed by atoms with Crippen molar-refractivity contribution in [2.75, 3.05) is 0 Å². The molecule has 0 radical (unpaired) electrons. The number of ether oxygens (including phenoxy) is 1. The van der Waals surface area contributed by atoms with E-state index in [-0.39, 0.29) is 12.2 Å². The number of nitrogens with zero attached hydrogens (tertiary/aromatic N) is 2. The summed E-state index contributed by atoms with van der Waals surface area (Å²) >= 11 is 5.49. The Labute approximate surface area is 114 Å². The average Bonchev–Trinajstić information content (AvgIpc) is 2.81. The predicted octanol–water partition coefficient (Wildman–Crippen LogP) is 2.85. The molecule has 0 unspecified atom stereocenters. The van der Waals surface area contributed by atoms with Gasteiger partial charge in [0.1, 0.15) is 13.3 Å². The zero-order valence-corrected chi connectivity index (χ0v) is 11.0. The van der Waals surface area contributed by atoms with Gasteiger partial charge in [0.15, 0.2) is 0 Å². The summed E-state index contributed by atoms with van der Waals surface area (Å²) in [6, 6.07) is 6.42. The fraction of sp³-hybridized carbons (Fsp3) is 0.231. The second-order valence-electron chi connectivity index (χ2n) is 3.97. The molecular formula is C13H12ClFN2O2. The molecule has 6 heteroatoms. The summed E-state index contributed by atoms with van der Waals surface area (Å²) < 4.78 is 20.0. The van der Waals surface area contributed by atoms with Crippen LogP contribution in [0.15, 0.2) is 30.5 Å². The van der Waals surface area contributed by atoms with Crippen LogP contribution >= 0.6 is 11.6 Å². The maximum atomic E-state index is 12.9. The van der Waals surface area contributed by atoms with Crippen LogP contribution in [0.4, 0.5) is 4.39 Å². The molecule has 2 rings (SSSR count). The molecule has 0 spiro atoms. The number of hydrogen-bond acceptors (Lipinski definition) is 3. The molecule has 19 heavy (non-hydrogen) atoms. The Balaban J connectivity index is 2.25. The molecule has 0 saturated carbocycles. The number of aromatic nitrogens is 2. The van der Waals surface area contributed by atoms with Crippen LogP contribution in [0.25, 0.3) is 0 Å². The largest absolute Gasteiger partial charge is 0.472 e. The summed E-state index contributed by atoms with van der Waals surface area (Å²) in [4.78, 5) is 11.3. The summed E-state index contributed by atoms with van der Waals surface area (Å²) in [7, 11) is 1.76. The maximum Gasteiger partial charge on any atom is 0.252 e. The lowest BCUT2D eigenvalue weighted by Gasteiger charge is -2.10. The molecule has 0 aliphatic rings. The van der Waals surface area contributed by atoms with Crippen molar-refractivity contribution in [3.05, 3.63) is 47.2 Å². The fourth-order valence-electron chi connectivity index (χ4n) is 1.73. The lowest BCUT2D eigenvalue weighted by atomic mass is 10.0. The molecule has 0 bridgehead atoms. The van der Waals surface area contributed by atoms with Gasteiger partial charge >= 0.3 is 0 Å². The minimum absolute atomic E-state index is 0.0465. The van der Waals surface area contributed by atoms with Gasteiger partial charge in [0, 0.05) is 30.4 Å². The minimum Gasteiger partial charge on any atom is -0.472 e. The predicted molar refractivity (Wildman–Crippen MR) is 69.0 cm³/mol. The van der Waals surface area contributed by atoms with E-state index in [0.29, 0.717) is 17.0 Å². The van der Waals surface area contributed by atoms with E-state index in [9.17, 15) is 9.18 Å². The first-order valence-electron chi connectivity index (χ1n) is 5.61. The first-order valence-corrected chi connectivity index (χ1v) is 5.98. The number of halogens is 2. The second kappa shape index (κ2) is 5.84. The summed E-state index contributed by atoms with van der Waals surface area (Å²) in [5.41, 5.74) is 1.10. The third-order valence-electron chi connectivity index (χ3n) is 2.68. The first-order chi connectivity index (χ1) is 9.11. The van der Waals surface area contributed by atoms with E-state index in [1.165, 1.54) is 0 Å². The quantitative estimate of drug-likeness (QED) is 0.792. The molecule has 0 atom stereocenters. The van der Waals surface area contributed by atoms with Gasteiger partial charge in [0.25, 0.3) is 5.24 Å². The van der Waals surface area contributed by atoms with Crippen molar-refractivity contribution in [3.8, 4) is 5.88 Å². The van der Waals surface area contributed by atoms with Crippen LogP contribution in [-0.4, -0.2) is 15.0 Å². The van der Waals surface area contributed by atoms with E-state index in [2.05, 4.69) is 5.10 Å². The van der Waals surface area contributed by atoms with Crippen molar-refractivity contribution in [2.24, 2.45) is 7.05 Å². The number of aryl methyl sites for hydroxylation is 1. The number of carbonyl (C=O) groups excluding carboxylic acids is 1. The first kappa shape index (κ1) is 13.5. The standard InChI is InChI=1S/C13H12ClFN2O2/c1-17-6-5-12(16-17)19-8-11-9(7-15)3-2-4-10(11)13(14)18/h2-6H,7-8H2,1H3. The van der Waals surface area contributed by atoms with Crippen LogP contribution in [0.5, 0.6) is 5.88 Å². The van der Waals surface area contributed by atoms with Crippen LogP contribution in [0.2, 0.25) is 0 Å². The van der Waals surface area contributed by atoms with Crippen molar-refractivity contribution in [1.82, 2.24) is 9.78 Å². The van der Waals surface area contributed by atoms with Gasteiger partial charge in [-0.1, -0.05) is 12.1 Å². The van der Waals surface area contributed by atoms with Crippen molar-refractivity contribution in [1.29, 1.82) is 0 Å². The zero-order valence-electron chi connectivity index (χ0n) is 10.3. The van der Waals surface area contributed by atoms with Crippen molar-refractivity contribution >= 4 is 16.8 Å². The van der Waals surface area contributed by atoms with Gasteiger partial charge in [0.05, 0.1) is 0 Å². The highest BCUT2D eigenvalue weighted by Crippen LogP contribution is 2.20. The lowest BCUT2D eigenvalue weighted by molar-refractivity contribution is 0.107. The molecule has 4 nitrogen and oxygen atoms in total. The number of alkyl halides is 1. The number of benzene rings is 1. The van der Waals surface area contributed by atoms with Gasteiger partial charge in [-0.05, 0) is 23.2 Å². The Morgan fingerprint density at radius 2 is 2.26 bits per heavy atom. The Morgan fingerprint density at radius 3 is 2.84 bits per heavy atom. The zero-order chi connectivity index (χ0) is 13.8. The number of hydrogen-bond donors (Lipinski definition) is 0. The SMILES string of the molecule is Cn1ccc(OCc2c(CF)cccc2C(=O)Cl)n1. The van der Waals surface area contributed by atoms with Crippen molar-refractivity contribution in [2.45, 2.75) is 13.3 Å². The molecule has 0 aliphatic carbocycles. The Hall–Kier alpha value is -1.88. The highest BCUT2D eigenvalue weighted by Gasteiger charge is 2.14. The summed E-state index contributed by atoms with van der Waals surface area (Å²) in [5.74, 6) is 0.407. The monoisotopic (exact) mass is 282 g/mol. The third-order valence-corrected chi connectivity index (χ3v) is 2.89. The van der Waals surface area contributed by atoms with Gasteiger partial charge < -0.3 is 4.74 Å². The molecule has 0 aliphatic heterocycles. The average molecular weight is 283 g/mol. The second-order valence-corrected chi connectivity index (χ2v) is 4.31. The molecule has 100 valence electrons. The molecular weight excluding hydrogens is 271 g/mol. The van der Waals surface area contributed by atoms with Crippen LogP contribution in [0.1, 0.15) is 21.5 Å². The molecule has 1 aromatic heterocycles. The molecule has 0 fully saturated rings. The molecule has 1 heterocycles. The van der Waals surface area contributed by atoms with E-state index < -0.39 is 11.9 Å². The number of carbonyl (C=O) groups is 1. The van der Waals surface area contributed by atoms with Crippen LogP contribution in [-0.2, 0) is 20.3 Å². The van der Waals surface area contributed by atoms with Crippen LogP contribution < -0.4 is 4.74 Å². The molecule has 1 aromatic carbocycles. The summed E-state index contributed by atoms with van der Waals surface area (Å²) in [5, 5.41) is 3.41. The Bertz CT molecular complexity index is 598. The van der Waals surface area contributed by atoms with E-state index >= 15 is 0 Å². The summed E-state index contributed by atoms with van der Waals surface area (Å²) in [6.07, 6.45) is 1.73. The van der Waals surface area contributed by atoms with Crippen LogP contribution in [0.3, 0.4) is 0 Å². The molecule has 0 N–H and O–H groups in total. The topological polar surface area (TPSA) is 44.1 Å².